The zero-order valence-corrected chi connectivity index (χ0v) is 9.50. The second kappa shape index (κ2) is 4.68. The predicted octanol–water partition coefficient (Wildman–Crippen LogP) is 1.72. The van der Waals surface area contributed by atoms with Crippen molar-refractivity contribution in [1.82, 2.24) is 0 Å². The summed E-state index contributed by atoms with van der Waals surface area (Å²) in [5, 5.41) is 2.73. The lowest BCUT2D eigenvalue weighted by Crippen LogP contribution is -2.12. The van der Waals surface area contributed by atoms with E-state index in [-0.39, 0.29) is 5.91 Å². The fraction of sp³-hybridized carbons (Fsp3) is 0.364. The standard InChI is InChI=1S/C11H16N2O2/c1-8(14)12-9-5-6-11(15-4)10(7-9)13(2)3/h5-7H,1-4H3,(H,12,14). The predicted molar refractivity (Wildman–Crippen MR) is 61.6 cm³/mol. The number of carbonyl (C=O) groups is 1. The molecule has 0 aromatic heterocycles. The van der Waals surface area contributed by atoms with Crippen molar-refractivity contribution in [2.45, 2.75) is 6.92 Å². The van der Waals surface area contributed by atoms with Gasteiger partial charge < -0.3 is 15.0 Å². The summed E-state index contributed by atoms with van der Waals surface area (Å²) in [4.78, 5) is 12.8. The molecule has 0 bridgehead atoms. The molecule has 0 aliphatic heterocycles. The molecule has 1 amide bonds. The largest absolute Gasteiger partial charge is 0.495 e. The first-order valence-electron chi connectivity index (χ1n) is 4.67. The van der Waals surface area contributed by atoms with Crippen LogP contribution < -0.4 is 15.0 Å². The number of hydrogen-bond acceptors (Lipinski definition) is 3. The molecule has 0 atom stereocenters. The molecule has 0 spiro atoms. The van der Waals surface area contributed by atoms with Crippen LogP contribution in [0.4, 0.5) is 11.4 Å². The summed E-state index contributed by atoms with van der Waals surface area (Å²) >= 11 is 0. The highest BCUT2D eigenvalue weighted by atomic mass is 16.5. The van der Waals surface area contributed by atoms with Gasteiger partial charge in [0.05, 0.1) is 12.8 Å². The molecule has 0 unspecified atom stereocenters. The molecular formula is C11H16N2O2. The van der Waals surface area contributed by atoms with Gasteiger partial charge in [-0.05, 0) is 18.2 Å². The van der Waals surface area contributed by atoms with Gasteiger partial charge in [0.15, 0.2) is 0 Å². The van der Waals surface area contributed by atoms with E-state index in [1.807, 2.05) is 37.2 Å². The maximum Gasteiger partial charge on any atom is 0.221 e. The second-order valence-corrected chi connectivity index (χ2v) is 3.46. The molecule has 0 aliphatic rings. The van der Waals surface area contributed by atoms with Gasteiger partial charge in [0.25, 0.3) is 0 Å². The Morgan fingerprint density at radius 2 is 2.07 bits per heavy atom. The van der Waals surface area contributed by atoms with Crippen LogP contribution in [0.5, 0.6) is 5.75 Å². The molecule has 4 heteroatoms. The Hall–Kier alpha value is -1.71. The number of rotatable bonds is 3. The van der Waals surface area contributed by atoms with E-state index in [2.05, 4.69) is 5.32 Å². The monoisotopic (exact) mass is 208 g/mol. The summed E-state index contributed by atoms with van der Waals surface area (Å²) in [7, 11) is 5.48. The molecular weight excluding hydrogens is 192 g/mol. The zero-order valence-electron chi connectivity index (χ0n) is 9.50. The molecule has 1 N–H and O–H groups in total. The Labute approximate surface area is 89.8 Å². The van der Waals surface area contributed by atoms with Gasteiger partial charge in [0.2, 0.25) is 5.91 Å². The fourth-order valence-corrected chi connectivity index (χ4v) is 1.32. The highest BCUT2D eigenvalue weighted by Gasteiger charge is 2.06. The average molecular weight is 208 g/mol. The third-order valence-corrected chi connectivity index (χ3v) is 1.98. The van der Waals surface area contributed by atoms with Crippen molar-refractivity contribution < 1.29 is 9.53 Å². The smallest absolute Gasteiger partial charge is 0.221 e. The molecule has 0 aliphatic carbocycles. The van der Waals surface area contributed by atoms with E-state index in [0.29, 0.717) is 0 Å². The first kappa shape index (κ1) is 11.4. The lowest BCUT2D eigenvalue weighted by atomic mass is 10.2. The van der Waals surface area contributed by atoms with E-state index in [0.717, 1.165) is 17.1 Å². The molecule has 0 saturated carbocycles. The van der Waals surface area contributed by atoms with Crippen LogP contribution in [0.15, 0.2) is 18.2 Å². The molecule has 0 saturated heterocycles. The van der Waals surface area contributed by atoms with Crippen LogP contribution in [0.2, 0.25) is 0 Å². The lowest BCUT2D eigenvalue weighted by Gasteiger charge is -2.17. The number of methoxy groups -OCH3 is 1. The van der Waals surface area contributed by atoms with Crippen molar-refractivity contribution in [2.24, 2.45) is 0 Å². The summed E-state index contributed by atoms with van der Waals surface area (Å²) in [6.07, 6.45) is 0. The van der Waals surface area contributed by atoms with Crippen LogP contribution in [0.3, 0.4) is 0 Å². The van der Waals surface area contributed by atoms with Gasteiger partial charge in [-0.15, -0.1) is 0 Å². The van der Waals surface area contributed by atoms with E-state index in [4.69, 9.17) is 4.74 Å². The van der Waals surface area contributed by atoms with Gasteiger partial charge >= 0.3 is 0 Å². The number of hydrogen-bond donors (Lipinski definition) is 1. The Kier molecular flexibility index (Phi) is 3.55. The van der Waals surface area contributed by atoms with Crippen molar-refractivity contribution in [1.29, 1.82) is 0 Å². The third-order valence-electron chi connectivity index (χ3n) is 1.98. The van der Waals surface area contributed by atoms with Crippen molar-refractivity contribution in [3.8, 4) is 5.75 Å². The number of amides is 1. The number of nitrogens with zero attached hydrogens (tertiary/aromatic N) is 1. The molecule has 1 rings (SSSR count). The van der Waals surface area contributed by atoms with Gasteiger partial charge in [-0.2, -0.15) is 0 Å². The second-order valence-electron chi connectivity index (χ2n) is 3.46. The first-order chi connectivity index (χ1) is 7.04. The van der Waals surface area contributed by atoms with E-state index in [9.17, 15) is 4.79 Å². The Balaban J connectivity index is 3.04. The Bertz CT molecular complexity index is 362. The minimum atomic E-state index is -0.0788. The van der Waals surface area contributed by atoms with E-state index < -0.39 is 0 Å². The van der Waals surface area contributed by atoms with Crippen molar-refractivity contribution in [3.05, 3.63) is 18.2 Å². The van der Waals surface area contributed by atoms with Gasteiger partial charge in [0, 0.05) is 26.7 Å². The van der Waals surface area contributed by atoms with Gasteiger partial charge in [-0.1, -0.05) is 0 Å². The van der Waals surface area contributed by atoms with Gasteiger partial charge in [-0.3, -0.25) is 4.79 Å². The summed E-state index contributed by atoms with van der Waals surface area (Å²) in [6, 6.07) is 5.52. The summed E-state index contributed by atoms with van der Waals surface area (Å²) in [5.74, 6) is 0.707. The summed E-state index contributed by atoms with van der Waals surface area (Å²) < 4.78 is 5.21. The average Bonchev–Trinajstić information content (AvgIpc) is 2.16. The summed E-state index contributed by atoms with van der Waals surface area (Å²) in [5.41, 5.74) is 1.70. The van der Waals surface area contributed by atoms with Crippen LogP contribution in [0, 0.1) is 0 Å². The highest BCUT2D eigenvalue weighted by Crippen LogP contribution is 2.29. The minimum Gasteiger partial charge on any atom is -0.495 e. The molecule has 1 aromatic carbocycles. The van der Waals surface area contributed by atoms with Gasteiger partial charge in [0.1, 0.15) is 5.75 Å². The molecule has 82 valence electrons. The molecule has 0 fully saturated rings. The Morgan fingerprint density at radius 3 is 2.53 bits per heavy atom. The number of ether oxygens (including phenoxy) is 1. The van der Waals surface area contributed by atoms with Crippen molar-refractivity contribution >= 4 is 17.3 Å². The topological polar surface area (TPSA) is 41.6 Å². The normalized spacial score (nSPS) is 9.60. The molecule has 4 nitrogen and oxygen atoms in total. The molecule has 1 aromatic rings. The first-order valence-corrected chi connectivity index (χ1v) is 4.67. The number of benzene rings is 1. The highest BCUT2D eigenvalue weighted by molar-refractivity contribution is 5.89. The SMILES string of the molecule is COc1ccc(NC(C)=O)cc1N(C)C. The zero-order chi connectivity index (χ0) is 11.4. The third kappa shape index (κ3) is 2.87. The minimum absolute atomic E-state index is 0.0788. The van der Waals surface area contributed by atoms with Crippen LogP contribution in [-0.2, 0) is 4.79 Å². The fourth-order valence-electron chi connectivity index (χ4n) is 1.32. The van der Waals surface area contributed by atoms with E-state index in [1.165, 1.54) is 6.92 Å². The van der Waals surface area contributed by atoms with Crippen LogP contribution in [0.25, 0.3) is 0 Å². The molecule has 0 radical (unpaired) electrons. The number of carbonyl (C=O) groups excluding carboxylic acids is 1. The lowest BCUT2D eigenvalue weighted by molar-refractivity contribution is -0.114. The number of anilines is 2. The van der Waals surface area contributed by atoms with Crippen LogP contribution in [-0.4, -0.2) is 27.1 Å². The van der Waals surface area contributed by atoms with E-state index in [1.54, 1.807) is 7.11 Å². The van der Waals surface area contributed by atoms with E-state index >= 15 is 0 Å². The van der Waals surface area contributed by atoms with Crippen LogP contribution in [0.1, 0.15) is 6.92 Å². The molecule has 0 heterocycles. The van der Waals surface area contributed by atoms with Gasteiger partial charge in [-0.25, -0.2) is 0 Å². The molecule has 15 heavy (non-hydrogen) atoms. The summed E-state index contributed by atoms with van der Waals surface area (Å²) in [6.45, 7) is 1.49. The Morgan fingerprint density at radius 1 is 1.40 bits per heavy atom. The van der Waals surface area contributed by atoms with Crippen molar-refractivity contribution in [2.75, 3.05) is 31.4 Å². The van der Waals surface area contributed by atoms with Crippen molar-refractivity contribution in [3.63, 3.8) is 0 Å². The maximum absolute atomic E-state index is 10.9. The number of nitrogens with one attached hydrogen (secondary N) is 1. The van der Waals surface area contributed by atoms with Crippen LogP contribution >= 0.6 is 0 Å². The quantitative estimate of drug-likeness (QED) is 0.822. The maximum atomic E-state index is 10.9.